The first-order valence-electron chi connectivity index (χ1n) is 7.65. The van der Waals surface area contributed by atoms with Crippen LogP contribution in [0.1, 0.15) is 58.8 Å². The summed E-state index contributed by atoms with van der Waals surface area (Å²) in [6.45, 7) is 3.81. The van der Waals surface area contributed by atoms with Crippen molar-refractivity contribution in [1.82, 2.24) is 0 Å². The van der Waals surface area contributed by atoms with E-state index >= 15 is 0 Å². The Bertz CT molecular complexity index is 353. The highest BCUT2D eigenvalue weighted by atomic mass is 32.2. The summed E-state index contributed by atoms with van der Waals surface area (Å²) in [4.78, 5) is 11.0. The molecule has 1 saturated carbocycles. The number of carboxylic acids is 1. The van der Waals surface area contributed by atoms with Crippen molar-refractivity contribution in [2.45, 2.75) is 81.3 Å². The molecule has 1 spiro atoms. The Kier molecular flexibility index (Phi) is 5.03. The zero-order valence-electron chi connectivity index (χ0n) is 12.6. The molecule has 116 valence electrons. The van der Waals surface area contributed by atoms with Gasteiger partial charge in [0.25, 0.3) is 0 Å². The number of hydrogen-bond acceptors (Lipinski definition) is 4. The quantitative estimate of drug-likeness (QED) is 0.817. The highest BCUT2D eigenvalue weighted by Crippen LogP contribution is 2.43. The number of carboxylic acid groups (broad SMARTS) is 1. The zero-order chi connectivity index (χ0) is 14.8. The van der Waals surface area contributed by atoms with Crippen LogP contribution in [0.15, 0.2) is 0 Å². The normalized spacial score (nSPS) is 27.6. The van der Waals surface area contributed by atoms with Crippen molar-refractivity contribution in [2.75, 3.05) is 5.75 Å². The summed E-state index contributed by atoms with van der Waals surface area (Å²) < 4.78 is 5.86. The van der Waals surface area contributed by atoms with Crippen LogP contribution < -0.4 is 5.73 Å². The molecule has 2 rings (SSSR count). The molecule has 1 heterocycles. The number of thioether (sulfide) groups is 1. The van der Waals surface area contributed by atoms with Gasteiger partial charge in [0.15, 0.2) is 0 Å². The van der Waals surface area contributed by atoms with E-state index in [-0.39, 0.29) is 11.7 Å². The predicted molar refractivity (Wildman–Crippen MR) is 82.1 cm³/mol. The van der Waals surface area contributed by atoms with Crippen molar-refractivity contribution in [1.29, 1.82) is 0 Å². The minimum absolute atomic E-state index is 0.141. The standard InChI is InChI=1S/C15H27NO3S/c1-14(2,12(16)13(17)18)20-10-11-6-9-15(19-11)7-4-3-5-8-15/h11-12H,3-10,16H2,1-2H3,(H,17,18)/t11?,12-/m0/s1. The summed E-state index contributed by atoms with van der Waals surface area (Å²) in [6, 6.07) is -0.836. The molecule has 0 aromatic rings. The summed E-state index contributed by atoms with van der Waals surface area (Å²) in [6.07, 6.45) is 8.85. The summed E-state index contributed by atoms with van der Waals surface area (Å²) >= 11 is 1.63. The smallest absolute Gasteiger partial charge is 0.321 e. The van der Waals surface area contributed by atoms with E-state index in [1.54, 1.807) is 11.8 Å². The lowest BCUT2D eigenvalue weighted by Gasteiger charge is -2.34. The van der Waals surface area contributed by atoms with E-state index in [1.165, 1.54) is 38.5 Å². The Balaban J connectivity index is 1.82. The average Bonchev–Trinajstić information content (AvgIpc) is 2.79. The van der Waals surface area contributed by atoms with Gasteiger partial charge >= 0.3 is 5.97 Å². The molecule has 3 N–H and O–H groups in total. The first-order chi connectivity index (χ1) is 9.35. The van der Waals surface area contributed by atoms with Gasteiger partial charge in [-0.25, -0.2) is 0 Å². The first-order valence-corrected chi connectivity index (χ1v) is 8.63. The van der Waals surface area contributed by atoms with Crippen LogP contribution in [0.5, 0.6) is 0 Å². The fourth-order valence-corrected chi connectivity index (χ4v) is 4.40. The Morgan fingerprint density at radius 2 is 2.05 bits per heavy atom. The Labute approximate surface area is 125 Å². The predicted octanol–water partition coefficient (Wildman–Crippen LogP) is 2.79. The van der Waals surface area contributed by atoms with Crippen molar-refractivity contribution in [2.24, 2.45) is 5.73 Å². The SMILES string of the molecule is CC(C)(SCC1CCC2(CCCCC2)O1)[C@@H](N)C(=O)O. The Hall–Kier alpha value is -0.260. The van der Waals surface area contributed by atoms with Gasteiger partial charge in [0.1, 0.15) is 6.04 Å². The lowest BCUT2D eigenvalue weighted by Crippen LogP contribution is -2.47. The third-order valence-corrected chi connectivity index (χ3v) is 6.30. The van der Waals surface area contributed by atoms with E-state index in [1.807, 2.05) is 13.8 Å². The van der Waals surface area contributed by atoms with Crippen LogP contribution in [0.3, 0.4) is 0 Å². The summed E-state index contributed by atoms with van der Waals surface area (Å²) in [5, 5.41) is 9.04. The van der Waals surface area contributed by atoms with Crippen molar-refractivity contribution in [3.63, 3.8) is 0 Å². The molecule has 0 amide bonds. The van der Waals surface area contributed by atoms with Gasteiger partial charge in [-0.1, -0.05) is 19.3 Å². The van der Waals surface area contributed by atoms with Crippen LogP contribution in [-0.2, 0) is 9.53 Å². The van der Waals surface area contributed by atoms with Gasteiger partial charge in [-0.3, -0.25) is 4.79 Å². The van der Waals surface area contributed by atoms with Gasteiger partial charge in [0.05, 0.1) is 11.7 Å². The number of aliphatic carboxylic acids is 1. The Morgan fingerprint density at radius 3 is 2.65 bits per heavy atom. The lowest BCUT2D eigenvalue weighted by atomic mass is 9.83. The average molecular weight is 301 g/mol. The minimum atomic E-state index is -0.932. The summed E-state index contributed by atoms with van der Waals surface area (Å²) in [5.74, 6) is -0.0889. The maximum absolute atomic E-state index is 11.0. The van der Waals surface area contributed by atoms with E-state index in [9.17, 15) is 4.79 Å². The number of rotatable bonds is 5. The molecule has 5 heteroatoms. The van der Waals surface area contributed by atoms with Crippen LogP contribution in [0, 0.1) is 0 Å². The molecular weight excluding hydrogens is 274 g/mol. The van der Waals surface area contributed by atoms with Gasteiger partial charge in [0, 0.05) is 10.5 Å². The molecule has 0 aromatic heterocycles. The van der Waals surface area contributed by atoms with Crippen molar-refractivity contribution in [3.8, 4) is 0 Å². The van der Waals surface area contributed by atoms with Gasteiger partial charge in [-0.2, -0.15) is 11.8 Å². The molecule has 20 heavy (non-hydrogen) atoms. The van der Waals surface area contributed by atoms with Gasteiger partial charge in [-0.15, -0.1) is 0 Å². The molecule has 2 fully saturated rings. The van der Waals surface area contributed by atoms with E-state index in [2.05, 4.69) is 0 Å². The van der Waals surface area contributed by atoms with Crippen LogP contribution in [0.25, 0.3) is 0 Å². The molecule has 2 aliphatic rings. The molecule has 1 saturated heterocycles. The number of carbonyl (C=O) groups is 1. The zero-order valence-corrected chi connectivity index (χ0v) is 13.4. The van der Waals surface area contributed by atoms with Gasteiger partial charge in [0.2, 0.25) is 0 Å². The second kappa shape index (κ2) is 6.24. The number of hydrogen-bond donors (Lipinski definition) is 2. The molecule has 1 unspecified atom stereocenters. The van der Waals surface area contributed by atoms with Crippen molar-refractivity contribution >= 4 is 17.7 Å². The molecule has 0 radical (unpaired) electrons. The van der Waals surface area contributed by atoms with Crippen LogP contribution >= 0.6 is 11.8 Å². The fourth-order valence-electron chi connectivity index (χ4n) is 3.27. The molecule has 0 aromatic carbocycles. The van der Waals surface area contributed by atoms with Crippen molar-refractivity contribution < 1.29 is 14.6 Å². The molecule has 1 aliphatic carbocycles. The van der Waals surface area contributed by atoms with E-state index < -0.39 is 16.8 Å². The number of nitrogens with two attached hydrogens (primary N) is 1. The van der Waals surface area contributed by atoms with Crippen LogP contribution in [0.2, 0.25) is 0 Å². The lowest BCUT2D eigenvalue weighted by molar-refractivity contribution is -0.139. The second-order valence-electron chi connectivity index (χ2n) is 6.75. The Morgan fingerprint density at radius 1 is 1.40 bits per heavy atom. The molecule has 0 bridgehead atoms. The van der Waals surface area contributed by atoms with Crippen LogP contribution in [-0.4, -0.2) is 39.3 Å². The summed E-state index contributed by atoms with van der Waals surface area (Å²) in [5.41, 5.74) is 5.90. The van der Waals surface area contributed by atoms with E-state index in [0.29, 0.717) is 0 Å². The van der Waals surface area contributed by atoms with Crippen LogP contribution in [0.4, 0.5) is 0 Å². The molecule has 4 nitrogen and oxygen atoms in total. The number of ether oxygens (including phenoxy) is 1. The molecular formula is C15H27NO3S. The third kappa shape index (κ3) is 3.68. The van der Waals surface area contributed by atoms with Gasteiger partial charge < -0.3 is 15.6 Å². The molecule has 2 atom stereocenters. The van der Waals surface area contributed by atoms with Gasteiger partial charge in [-0.05, 0) is 39.5 Å². The highest BCUT2D eigenvalue weighted by Gasteiger charge is 2.42. The highest BCUT2D eigenvalue weighted by molar-refractivity contribution is 8.00. The second-order valence-corrected chi connectivity index (χ2v) is 8.43. The fraction of sp³-hybridized carbons (Fsp3) is 0.933. The molecule has 1 aliphatic heterocycles. The third-order valence-electron chi connectivity index (χ3n) is 4.76. The first kappa shape index (κ1) is 16.1. The maximum Gasteiger partial charge on any atom is 0.321 e. The van der Waals surface area contributed by atoms with E-state index in [0.717, 1.165) is 12.2 Å². The van der Waals surface area contributed by atoms with Crippen molar-refractivity contribution in [3.05, 3.63) is 0 Å². The van der Waals surface area contributed by atoms with E-state index in [4.69, 9.17) is 15.6 Å². The maximum atomic E-state index is 11.0. The summed E-state index contributed by atoms with van der Waals surface area (Å²) in [7, 11) is 0. The monoisotopic (exact) mass is 301 g/mol. The minimum Gasteiger partial charge on any atom is -0.480 e. The largest absolute Gasteiger partial charge is 0.480 e. The topological polar surface area (TPSA) is 72.5 Å².